The van der Waals surface area contributed by atoms with Crippen LogP contribution in [0.1, 0.15) is 10.6 Å². The van der Waals surface area contributed by atoms with Crippen LogP contribution < -0.4 is 10.6 Å². The summed E-state index contributed by atoms with van der Waals surface area (Å²) in [5, 5.41) is 16.3. The Labute approximate surface area is 147 Å². The molecule has 0 atom stereocenters. The molecule has 0 fully saturated rings. The van der Waals surface area contributed by atoms with E-state index in [0.717, 1.165) is 20.9 Å². The van der Waals surface area contributed by atoms with Crippen molar-refractivity contribution < 1.29 is 4.79 Å². The van der Waals surface area contributed by atoms with E-state index in [0.29, 0.717) is 16.3 Å². The number of fused-ring (bicyclic) bond motifs is 1. The van der Waals surface area contributed by atoms with Crippen molar-refractivity contribution in [3.05, 3.63) is 52.0 Å². The maximum Gasteiger partial charge on any atom is 0.243 e. The van der Waals surface area contributed by atoms with E-state index in [9.17, 15) is 4.79 Å². The summed E-state index contributed by atoms with van der Waals surface area (Å²) < 4.78 is 1.07. The molecule has 0 radical (unpaired) electrons. The quantitative estimate of drug-likeness (QED) is 0.735. The van der Waals surface area contributed by atoms with Crippen LogP contribution in [0.15, 0.2) is 36.4 Å². The van der Waals surface area contributed by atoms with Crippen LogP contribution in [0, 0.1) is 18.3 Å². The second-order valence-electron chi connectivity index (χ2n) is 5.12. The molecule has 0 saturated heterocycles. The lowest BCUT2D eigenvalue weighted by atomic mass is 10.2. The molecule has 3 aromatic rings. The number of aromatic nitrogens is 1. The number of carbonyl (C=O) groups excluding carboxylic acids is 1. The number of hydrogen-bond acceptors (Lipinski definition) is 5. The van der Waals surface area contributed by atoms with Crippen LogP contribution in [0.3, 0.4) is 0 Å². The Morgan fingerprint density at radius 1 is 1.33 bits per heavy atom. The van der Waals surface area contributed by atoms with Gasteiger partial charge in [0.2, 0.25) is 5.91 Å². The lowest BCUT2D eigenvalue weighted by molar-refractivity contribution is -0.114. The average molecular weight is 357 g/mol. The number of aryl methyl sites for hydroxylation is 1. The maximum absolute atomic E-state index is 12.1. The van der Waals surface area contributed by atoms with Gasteiger partial charge >= 0.3 is 0 Å². The summed E-state index contributed by atoms with van der Waals surface area (Å²) in [6, 6.07) is 12.5. The fourth-order valence-corrected chi connectivity index (χ4v) is 3.28. The molecule has 7 heteroatoms. The van der Waals surface area contributed by atoms with Crippen molar-refractivity contribution in [2.75, 3.05) is 17.2 Å². The van der Waals surface area contributed by atoms with Crippen molar-refractivity contribution in [3.8, 4) is 6.07 Å². The van der Waals surface area contributed by atoms with E-state index in [1.54, 1.807) is 29.5 Å². The molecule has 0 bridgehead atoms. The predicted molar refractivity (Wildman–Crippen MR) is 97.6 cm³/mol. The highest BCUT2D eigenvalue weighted by molar-refractivity contribution is 7.18. The van der Waals surface area contributed by atoms with Crippen molar-refractivity contribution in [3.63, 3.8) is 0 Å². The molecule has 2 N–H and O–H groups in total. The van der Waals surface area contributed by atoms with Gasteiger partial charge in [-0.3, -0.25) is 4.79 Å². The first-order valence-electron chi connectivity index (χ1n) is 7.16. The van der Waals surface area contributed by atoms with E-state index in [1.807, 2.05) is 31.2 Å². The van der Waals surface area contributed by atoms with Gasteiger partial charge in [0, 0.05) is 10.7 Å². The highest BCUT2D eigenvalue weighted by Gasteiger charge is 2.08. The molecule has 1 aromatic heterocycles. The van der Waals surface area contributed by atoms with Gasteiger partial charge in [-0.1, -0.05) is 11.6 Å². The van der Waals surface area contributed by atoms with Gasteiger partial charge in [-0.15, -0.1) is 11.3 Å². The Hall–Kier alpha value is -2.62. The van der Waals surface area contributed by atoms with Gasteiger partial charge in [-0.25, -0.2) is 4.98 Å². The van der Waals surface area contributed by atoms with E-state index in [2.05, 4.69) is 15.6 Å². The molecular formula is C17H13ClN4OS. The van der Waals surface area contributed by atoms with Crippen molar-refractivity contribution in [2.24, 2.45) is 0 Å². The average Bonchev–Trinajstić information content (AvgIpc) is 2.92. The van der Waals surface area contributed by atoms with Gasteiger partial charge in [0.25, 0.3) is 0 Å². The molecule has 1 amide bonds. The van der Waals surface area contributed by atoms with Crippen molar-refractivity contribution in [1.82, 2.24) is 4.98 Å². The third-order valence-electron chi connectivity index (χ3n) is 3.32. The SMILES string of the molecule is Cc1nc2ccc(NCC(=O)Nc3cc(Cl)ccc3C#N)cc2s1. The fraction of sp³-hybridized carbons (Fsp3) is 0.118. The molecule has 0 unspecified atom stereocenters. The number of carbonyl (C=O) groups is 1. The standard InChI is InChI=1S/C17H13ClN4OS/c1-10-21-14-5-4-13(7-16(14)24-10)20-9-17(23)22-15-6-12(18)3-2-11(15)8-19/h2-7,20H,9H2,1H3,(H,22,23). The topological polar surface area (TPSA) is 77.8 Å². The Morgan fingerprint density at radius 3 is 2.96 bits per heavy atom. The molecule has 1 heterocycles. The third kappa shape index (κ3) is 3.65. The third-order valence-corrected chi connectivity index (χ3v) is 4.49. The highest BCUT2D eigenvalue weighted by Crippen LogP contribution is 2.25. The Balaban J connectivity index is 1.66. The van der Waals surface area contributed by atoms with Crippen molar-refractivity contribution in [1.29, 1.82) is 5.26 Å². The number of benzene rings is 2. The van der Waals surface area contributed by atoms with Gasteiger partial charge in [-0.2, -0.15) is 5.26 Å². The van der Waals surface area contributed by atoms with Gasteiger partial charge in [0.05, 0.1) is 33.0 Å². The molecule has 0 spiro atoms. The summed E-state index contributed by atoms with van der Waals surface area (Å²) in [5.74, 6) is -0.255. The zero-order valence-electron chi connectivity index (χ0n) is 12.8. The van der Waals surface area contributed by atoms with Gasteiger partial charge in [-0.05, 0) is 43.3 Å². The molecule has 120 valence electrons. The zero-order chi connectivity index (χ0) is 17.1. The summed E-state index contributed by atoms with van der Waals surface area (Å²) in [5.41, 5.74) is 2.57. The van der Waals surface area contributed by atoms with Crippen LogP contribution in [-0.4, -0.2) is 17.4 Å². The number of amides is 1. The van der Waals surface area contributed by atoms with Crippen molar-refractivity contribution in [2.45, 2.75) is 6.92 Å². The van der Waals surface area contributed by atoms with E-state index in [4.69, 9.17) is 16.9 Å². The second-order valence-corrected chi connectivity index (χ2v) is 6.79. The van der Waals surface area contributed by atoms with E-state index in [-0.39, 0.29) is 12.5 Å². The highest BCUT2D eigenvalue weighted by atomic mass is 35.5. The van der Waals surface area contributed by atoms with E-state index < -0.39 is 0 Å². The predicted octanol–water partition coefficient (Wildman–Crippen LogP) is 4.18. The number of nitriles is 1. The number of nitrogens with zero attached hydrogens (tertiary/aromatic N) is 2. The summed E-state index contributed by atoms with van der Waals surface area (Å²) in [6.45, 7) is 2.05. The minimum Gasteiger partial charge on any atom is -0.376 e. The molecule has 2 aromatic carbocycles. The van der Waals surface area contributed by atoms with Gasteiger partial charge < -0.3 is 10.6 Å². The number of rotatable bonds is 4. The monoisotopic (exact) mass is 356 g/mol. The molecule has 0 aliphatic rings. The number of hydrogen-bond donors (Lipinski definition) is 2. The fourth-order valence-electron chi connectivity index (χ4n) is 2.24. The minimum absolute atomic E-state index is 0.0840. The second kappa shape index (κ2) is 6.87. The molecule has 3 rings (SSSR count). The first-order chi connectivity index (χ1) is 11.5. The summed E-state index contributed by atoms with van der Waals surface area (Å²) >= 11 is 7.51. The van der Waals surface area contributed by atoms with Gasteiger partial charge in [0.15, 0.2) is 0 Å². The minimum atomic E-state index is -0.255. The molecule has 5 nitrogen and oxygen atoms in total. The maximum atomic E-state index is 12.1. The Bertz CT molecular complexity index is 961. The molecular weight excluding hydrogens is 344 g/mol. The summed E-state index contributed by atoms with van der Waals surface area (Å²) in [7, 11) is 0. The lowest BCUT2D eigenvalue weighted by Crippen LogP contribution is -2.22. The van der Waals surface area contributed by atoms with Gasteiger partial charge in [0.1, 0.15) is 6.07 Å². The molecule has 24 heavy (non-hydrogen) atoms. The van der Waals surface area contributed by atoms with Crippen LogP contribution in [0.5, 0.6) is 0 Å². The number of halogens is 1. The Morgan fingerprint density at radius 2 is 2.17 bits per heavy atom. The smallest absolute Gasteiger partial charge is 0.243 e. The summed E-state index contributed by atoms with van der Waals surface area (Å²) in [4.78, 5) is 16.5. The lowest BCUT2D eigenvalue weighted by Gasteiger charge is -2.09. The van der Waals surface area contributed by atoms with E-state index in [1.165, 1.54) is 0 Å². The normalized spacial score (nSPS) is 10.4. The summed E-state index contributed by atoms with van der Waals surface area (Å²) in [6.07, 6.45) is 0. The zero-order valence-corrected chi connectivity index (χ0v) is 14.3. The van der Waals surface area contributed by atoms with Crippen LogP contribution in [-0.2, 0) is 4.79 Å². The number of anilines is 2. The number of nitrogens with one attached hydrogen (secondary N) is 2. The number of thiazole rings is 1. The van der Waals surface area contributed by atoms with Crippen LogP contribution in [0.25, 0.3) is 10.2 Å². The molecule has 0 aliphatic carbocycles. The molecule has 0 aliphatic heterocycles. The van der Waals surface area contributed by atoms with Crippen LogP contribution in [0.4, 0.5) is 11.4 Å². The first-order valence-corrected chi connectivity index (χ1v) is 8.35. The van der Waals surface area contributed by atoms with Crippen LogP contribution >= 0.6 is 22.9 Å². The first kappa shape index (κ1) is 16.2. The largest absolute Gasteiger partial charge is 0.376 e. The van der Waals surface area contributed by atoms with Crippen molar-refractivity contribution >= 4 is 50.4 Å². The Kier molecular flexibility index (Phi) is 4.65. The molecule has 0 saturated carbocycles. The van der Waals surface area contributed by atoms with E-state index >= 15 is 0 Å². The van der Waals surface area contributed by atoms with Crippen LogP contribution in [0.2, 0.25) is 5.02 Å².